The van der Waals surface area contributed by atoms with Gasteiger partial charge in [0, 0.05) is 0 Å². The Morgan fingerprint density at radius 3 is 2.11 bits per heavy atom. The summed E-state index contributed by atoms with van der Waals surface area (Å²) in [6, 6.07) is 7.47. The van der Waals surface area contributed by atoms with Gasteiger partial charge in [0.1, 0.15) is 5.60 Å². The van der Waals surface area contributed by atoms with Gasteiger partial charge in [-0.1, -0.05) is 24.3 Å². The molecule has 4 nitrogen and oxygen atoms in total. The normalized spacial score (nSPS) is 12.1. The summed E-state index contributed by atoms with van der Waals surface area (Å²) in [5.74, 6) is 0. The molecule has 0 bridgehead atoms. The molecule has 0 atom stereocenters. The lowest BCUT2D eigenvalue weighted by Gasteiger charge is -2.29. The predicted octanol–water partition coefficient (Wildman–Crippen LogP) is 2.94. The largest absolute Gasteiger partial charge is 0.444 e. The summed E-state index contributed by atoms with van der Waals surface area (Å²) >= 11 is 0. The van der Waals surface area contributed by atoms with Crippen LogP contribution in [0.5, 0.6) is 0 Å². The van der Waals surface area contributed by atoms with E-state index in [1.165, 1.54) is 0 Å². The highest BCUT2D eigenvalue weighted by molar-refractivity contribution is 5.69. The van der Waals surface area contributed by atoms with Crippen LogP contribution in [0.3, 0.4) is 0 Å². The van der Waals surface area contributed by atoms with Crippen molar-refractivity contribution in [2.45, 2.75) is 52.4 Å². The van der Waals surface area contributed by atoms with Crippen molar-refractivity contribution in [2.75, 3.05) is 0 Å². The average Bonchev–Trinajstić information content (AvgIpc) is 2.25. The maximum Gasteiger partial charge on any atom is 0.408 e. The lowest BCUT2D eigenvalue weighted by atomic mass is 9.94. The fourth-order valence-electron chi connectivity index (χ4n) is 1.66. The van der Waals surface area contributed by atoms with Crippen LogP contribution in [-0.2, 0) is 16.9 Å². The smallest absolute Gasteiger partial charge is 0.408 e. The second kappa shape index (κ2) is 5.61. The van der Waals surface area contributed by atoms with E-state index in [0.29, 0.717) is 0 Å². The van der Waals surface area contributed by atoms with Crippen LogP contribution in [-0.4, -0.2) is 16.8 Å². The summed E-state index contributed by atoms with van der Waals surface area (Å²) in [6.07, 6.45) is -0.441. The van der Waals surface area contributed by atoms with Gasteiger partial charge in [0.05, 0.1) is 12.1 Å². The number of carbonyl (C=O) groups excluding carboxylic acids is 1. The van der Waals surface area contributed by atoms with Gasteiger partial charge in [0.25, 0.3) is 0 Å². The molecular formula is C15H23NO3. The first-order valence-electron chi connectivity index (χ1n) is 6.35. The van der Waals surface area contributed by atoms with Gasteiger partial charge in [0.15, 0.2) is 0 Å². The zero-order chi connectivity index (χ0) is 14.7. The molecule has 4 heteroatoms. The van der Waals surface area contributed by atoms with Gasteiger partial charge < -0.3 is 15.2 Å². The molecule has 1 rings (SSSR count). The Morgan fingerprint density at radius 2 is 1.68 bits per heavy atom. The molecule has 1 amide bonds. The first-order chi connectivity index (χ1) is 8.64. The van der Waals surface area contributed by atoms with Gasteiger partial charge >= 0.3 is 6.09 Å². The summed E-state index contributed by atoms with van der Waals surface area (Å²) < 4.78 is 5.25. The highest BCUT2D eigenvalue weighted by atomic mass is 16.6. The Balaban J connectivity index is 2.76. The SMILES string of the molecule is CC(C)(C)OC(=O)NC(C)(C)c1ccc(CO)cc1. The van der Waals surface area contributed by atoms with Gasteiger partial charge in [0.2, 0.25) is 0 Å². The Bertz CT molecular complexity index is 430. The molecule has 0 spiro atoms. The Labute approximate surface area is 114 Å². The Hall–Kier alpha value is -1.55. The average molecular weight is 265 g/mol. The summed E-state index contributed by atoms with van der Waals surface area (Å²) in [4.78, 5) is 11.8. The van der Waals surface area contributed by atoms with Crippen LogP contribution in [0, 0.1) is 0 Å². The molecule has 0 unspecified atom stereocenters. The topological polar surface area (TPSA) is 58.6 Å². The van der Waals surface area contributed by atoms with E-state index in [1.54, 1.807) is 0 Å². The Morgan fingerprint density at radius 1 is 1.16 bits per heavy atom. The van der Waals surface area contributed by atoms with Crippen molar-refractivity contribution in [3.8, 4) is 0 Å². The molecule has 19 heavy (non-hydrogen) atoms. The van der Waals surface area contributed by atoms with E-state index < -0.39 is 17.2 Å². The maximum atomic E-state index is 11.8. The van der Waals surface area contributed by atoms with Gasteiger partial charge in [-0.3, -0.25) is 0 Å². The number of hydrogen-bond acceptors (Lipinski definition) is 3. The second-order valence-electron chi connectivity index (χ2n) is 6.11. The van der Waals surface area contributed by atoms with Crippen LogP contribution in [0.15, 0.2) is 24.3 Å². The number of hydrogen-bond donors (Lipinski definition) is 2. The lowest BCUT2D eigenvalue weighted by molar-refractivity contribution is 0.0470. The van der Waals surface area contributed by atoms with Crippen molar-refractivity contribution < 1.29 is 14.6 Å². The molecular weight excluding hydrogens is 242 g/mol. The predicted molar refractivity (Wildman–Crippen MR) is 74.8 cm³/mol. The number of nitrogens with one attached hydrogen (secondary N) is 1. The van der Waals surface area contributed by atoms with Gasteiger partial charge in [-0.2, -0.15) is 0 Å². The highest BCUT2D eigenvalue weighted by Gasteiger charge is 2.26. The van der Waals surface area contributed by atoms with Crippen LogP contribution in [0.1, 0.15) is 45.7 Å². The summed E-state index contributed by atoms with van der Waals surface area (Å²) in [5.41, 5.74) is 0.754. The molecule has 0 aromatic heterocycles. The van der Waals surface area contributed by atoms with E-state index in [9.17, 15) is 4.79 Å². The molecule has 0 saturated carbocycles. The molecule has 1 aromatic rings. The first kappa shape index (κ1) is 15.5. The van der Waals surface area contributed by atoms with E-state index in [0.717, 1.165) is 11.1 Å². The summed E-state index contributed by atoms with van der Waals surface area (Å²) in [6.45, 7) is 9.32. The van der Waals surface area contributed by atoms with E-state index >= 15 is 0 Å². The first-order valence-corrected chi connectivity index (χ1v) is 6.35. The third-order valence-corrected chi connectivity index (χ3v) is 2.67. The molecule has 0 aliphatic rings. The number of carbonyl (C=O) groups is 1. The monoisotopic (exact) mass is 265 g/mol. The number of aliphatic hydroxyl groups excluding tert-OH is 1. The summed E-state index contributed by atoms with van der Waals surface area (Å²) in [7, 11) is 0. The Kier molecular flexibility index (Phi) is 4.58. The standard InChI is InChI=1S/C15H23NO3/c1-14(2,3)19-13(18)16-15(4,5)12-8-6-11(10-17)7-9-12/h6-9,17H,10H2,1-5H3,(H,16,18). The van der Waals surface area contributed by atoms with Crippen molar-refractivity contribution in [3.05, 3.63) is 35.4 Å². The summed E-state index contributed by atoms with van der Waals surface area (Å²) in [5, 5.41) is 11.9. The van der Waals surface area contributed by atoms with Crippen LogP contribution in [0.2, 0.25) is 0 Å². The minimum Gasteiger partial charge on any atom is -0.444 e. The molecule has 106 valence electrons. The molecule has 1 aromatic carbocycles. The highest BCUT2D eigenvalue weighted by Crippen LogP contribution is 2.21. The van der Waals surface area contributed by atoms with E-state index in [2.05, 4.69) is 5.32 Å². The third kappa shape index (κ3) is 4.91. The van der Waals surface area contributed by atoms with Gasteiger partial charge in [-0.25, -0.2) is 4.79 Å². The fourth-order valence-corrected chi connectivity index (χ4v) is 1.66. The van der Waals surface area contributed by atoms with Crippen LogP contribution in [0.25, 0.3) is 0 Å². The fraction of sp³-hybridized carbons (Fsp3) is 0.533. The number of benzene rings is 1. The van der Waals surface area contributed by atoms with Crippen molar-refractivity contribution >= 4 is 6.09 Å². The molecule has 0 heterocycles. The van der Waals surface area contributed by atoms with E-state index in [-0.39, 0.29) is 6.61 Å². The molecule has 0 aliphatic heterocycles. The third-order valence-electron chi connectivity index (χ3n) is 2.67. The number of alkyl carbamates (subject to hydrolysis) is 1. The van der Waals surface area contributed by atoms with Crippen LogP contribution >= 0.6 is 0 Å². The minimum atomic E-state index is -0.531. The van der Waals surface area contributed by atoms with E-state index in [4.69, 9.17) is 9.84 Å². The second-order valence-corrected chi connectivity index (χ2v) is 6.11. The van der Waals surface area contributed by atoms with Crippen LogP contribution < -0.4 is 5.32 Å². The quantitative estimate of drug-likeness (QED) is 0.883. The molecule has 0 aliphatic carbocycles. The van der Waals surface area contributed by atoms with Crippen molar-refractivity contribution in [1.29, 1.82) is 0 Å². The number of rotatable bonds is 3. The lowest BCUT2D eigenvalue weighted by Crippen LogP contribution is -2.43. The maximum absolute atomic E-state index is 11.8. The molecule has 0 fully saturated rings. The molecule has 0 saturated heterocycles. The van der Waals surface area contributed by atoms with Gasteiger partial charge in [-0.15, -0.1) is 0 Å². The van der Waals surface area contributed by atoms with E-state index in [1.807, 2.05) is 58.9 Å². The van der Waals surface area contributed by atoms with Crippen molar-refractivity contribution in [2.24, 2.45) is 0 Å². The number of aliphatic hydroxyl groups is 1. The number of ether oxygens (including phenoxy) is 1. The van der Waals surface area contributed by atoms with Gasteiger partial charge in [-0.05, 0) is 45.7 Å². The zero-order valence-electron chi connectivity index (χ0n) is 12.3. The minimum absolute atomic E-state index is 0.0141. The molecule has 2 N–H and O–H groups in total. The number of amides is 1. The molecule has 0 radical (unpaired) electrons. The van der Waals surface area contributed by atoms with Crippen LogP contribution in [0.4, 0.5) is 4.79 Å². The van der Waals surface area contributed by atoms with Crippen molar-refractivity contribution in [1.82, 2.24) is 5.32 Å². The zero-order valence-corrected chi connectivity index (χ0v) is 12.3. The van der Waals surface area contributed by atoms with Crippen molar-refractivity contribution in [3.63, 3.8) is 0 Å².